The highest BCUT2D eigenvalue weighted by molar-refractivity contribution is 5.97. The van der Waals surface area contributed by atoms with Crippen molar-refractivity contribution in [3.8, 4) is 0 Å². The number of carbonyl (C=O) groups is 1. The van der Waals surface area contributed by atoms with Crippen molar-refractivity contribution in [2.45, 2.75) is 19.4 Å². The Kier molecular flexibility index (Phi) is 4.99. The molecular weight excluding hydrogens is 338 g/mol. The lowest BCUT2D eigenvalue weighted by Gasteiger charge is -2.33. The molecule has 1 aromatic heterocycles. The van der Waals surface area contributed by atoms with Crippen molar-refractivity contribution in [3.05, 3.63) is 48.2 Å². The fraction of sp³-hybridized carbons (Fsp3) is 0.429. The van der Waals surface area contributed by atoms with Gasteiger partial charge in [0, 0.05) is 38.4 Å². The van der Waals surface area contributed by atoms with Crippen LogP contribution in [0, 0.1) is 0 Å². The standard InChI is InChI=1S/C21H27N5O/c1-16(26-10-9-17-5-3-4-6-19(17)26)21(27)23-18-7-8-20(22-15-18)25-13-11-24(2)12-14-25/h3-8,15-16H,9-14H2,1-2H3,(H,23,27)/t16-/m0/s1. The van der Waals surface area contributed by atoms with Crippen molar-refractivity contribution in [2.75, 3.05) is 54.9 Å². The van der Waals surface area contributed by atoms with Gasteiger partial charge in [0.15, 0.2) is 0 Å². The largest absolute Gasteiger partial charge is 0.359 e. The van der Waals surface area contributed by atoms with Crippen molar-refractivity contribution in [3.63, 3.8) is 0 Å². The number of anilines is 3. The van der Waals surface area contributed by atoms with E-state index in [1.54, 1.807) is 6.20 Å². The van der Waals surface area contributed by atoms with Gasteiger partial charge in [-0.2, -0.15) is 0 Å². The molecular formula is C21H27N5O. The Morgan fingerprint density at radius 2 is 1.85 bits per heavy atom. The summed E-state index contributed by atoms with van der Waals surface area (Å²) in [6.07, 6.45) is 2.76. The van der Waals surface area contributed by atoms with Crippen LogP contribution in [0.5, 0.6) is 0 Å². The summed E-state index contributed by atoms with van der Waals surface area (Å²) < 4.78 is 0. The van der Waals surface area contributed by atoms with Gasteiger partial charge in [-0.25, -0.2) is 4.98 Å². The Hall–Kier alpha value is -2.60. The molecule has 4 rings (SSSR count). The van der Waals surface area contributed by atoms with E-state index in [4.69, 9.17) is 0 Å². The van der Waals surface area contributed by atoms with Crippen LogP contribution in [0.2, 0.25) is 0 Å². The molecule has 0 aliphatic carbocycles. The van der Waals surface area contributed by atoms with E-state index in [1.807, 2.05) is 25.1 Å². The van der Waals surface area contributed by atoms with E-state index in [0.29, 0.717) is 0 Å². The Labute approximate surface area is 160 Å². The number of aromatic nitrogens is 1. The fourth-order valence-corrected chi connectivity index (χ4v) is 3.84. The summed E-state index contributed by atoms with van der Waals surface area (Å²) >= 11 is 0. The van der Waals surface area contributed by atoms with Gasteiger partial charge in [0.2, 0.25) is 5.91 Å². The number of amides is 1. The van der Waals surface area contributed by atoms with Crippen molar-refractivity contribution >= 4 is 23.1 Å². The van der Waals surface area contributed by atoms with Gasteiger partial charge < -0.3 is 20.0 Å². The number of para-hydroxylation sites is 1. The quantitative estimate of drug-likeness (QED) is 0.900. The normalized spacial score (nSPS) is 18.3. The second-order valence-corrected chi connectivity index (χ2v) is 7.43. The highest BCUT2D eigenvalue weighted by Gasteiger charge is 2.27. The summed E-state index contributed by atoms with van der Waals surface area (Å²) in [5, 5.41) is 3.02. The number of fused-ring (bicyclic) bond motifs is 1. The molecule has 1 N–H and O–H groups in total. The molecule has 6 nitrogen and oxygen atoms in total. The molecule has 142 valence electrons. The lowest BCUT2D eigenvalue weighted by molar-refractivity contribution is -0.117. The second-order valence-electron chi connectivity index (χ2n) is 7.43. The highest BCUT2D eigenvalue weighted by atomic mass is 16.2. The summed E-state index contributed by atoms with van der Waals surface area (Å²) in [6.45, 7) is 6.92. The molecule has 2 aliphatic rings. The third-order valence-electron chi connectivity index (χ3n) is 5.61. The van der Waals surface area contributed by atoms with Gasteiger partial charge in [0.1, 0.15) is 11.9 Å². The van der Waals surface area contributed by atoms with Crippen LogP contribution in [0.1, 0.15) is 12.5 Å². The van der Waals surface area contributed by atoms with Gasteiger partial charge in [-0.1, -0.05) is 18.2 Å². The molecule has 3 heterocycles. The predicted molar refractivity (Wildman–Crippen MR) is 110 cm³/mol. The van der Waals surface area contributed by atoms with E-state index < -0.39 is 0 Å². The van der Waals surface area contributed by atoms with Crippen LogP contribution in [0.25, 0.3) is 0 Å². The van der Waals surface area contributed by atoms with E-state index in [2.05, 4.69) is 50.2 Å². The van der Waals surface area contributed by atoms with E-state index in [1.165, 1.54) is 11.3 Å². The van der Waals surface area contributed by atoms with Crippen molar-refractivity contribution in [1.29, 1.82) is 0 Å². The fourth-order valence-electron chi connectivity index (χ4n) is 3.84. The number of likely N-dealkylation sites (N-methyl/N-ethyl adjacent to an activating group) is 1. The van der Waals surface area contributed by atoms with Gasteiger partial charge in [0.05, 0.1) is 11.9 Å². The Bertz CT molecular complexity index is 798. The van der Waals surface area contributed by atoms with Crippen LogP contribution in [0.4, 0.5) is 17.2 Å². The zero-order valence-electron chi connectivity index (χ0n) is 16.1. The van der Waals surface area contributed by atoms with Gasteiger partial charge >= 0.3 is 0 Å². The lowest BCUT2D eigenvalue weighted by Crippen LogP contribution is -2.44. The van der Waals surface area contributed by atoms with Crippen molar-refractivity contribution in [2.24, 2.45) is 0 Å². The van der Waals surface area contributed by atoms with Crippen LogP contribution in [0.3, 0.4) is 0 Å². The predicted octanol–water partition coefficient (Wildman–Crippen LogP) is 2.22. The van der Waals surface area contributed by atoms with Crippen LogP contribution in [-0.2, 0) is 11.2 Å². The molecule has 0 spiro atoms. The molecule has 1 atom stereocenters. The number of benzene rings is 1. The average molecular weight is 365 g/mol. The molecule has 0 saturated carbocycles. The minimum absolute atomic E-state index is 0.000787. The first-order valence-electron chi connectivity index (χ1n) is 9.67. The average Bonchev–Trinajstić information content (AvgIpc) is 3.13. The number of rotatable bonds is 4. The molecule has 0 unspecified atom stereocenters. The first-order chi connectivity index (χ1) is 13.1. The third kappa shape index (κ3) is 3.76. The molecule has 1 saturated heterocycles. The van der Waals surface area contributed by atoms with Gasteiger partial charge in [-0.05, 0) is 44.2 Å². The van der Waals surface area contributed by atoms with Gasteiger partial charge in [-0.3, -0.25) is 4.79 Å². The number of pyridine rings is 1. The second kappa shape index (κ2) is 7.56. The molecule has 2 aliphatic heterocycles. The Morgan fingerprint density at radius 3 is 2.59 bits per heavy atom. The number of hydrogen-bond donors (Lipinski definition) is 1. The van der Waals surface area contributed by atoms with Crippen LogP contribution in [-0.4, -0.2) is 61.6 Å². The molecule has 1 aromatic carbocycles. The molecule has 27 heavy (non-hydrogen) atoms. The SMILES string of the molecule is C[C@@H](C(=O)Nc1ccc(N2CCN(C)CC2)nc1)N1CCc2ccccc21. The highest BCUT2D eigenvalue weighted by Crippen LogP contribution is 2.29. The topological polar surface area (TPSA) is 51.7 Å². The van der Waals surface area contributed by atoms with Crippen molar-refractivity contribution < 1.29 is 4.79 Å². The van der Waals surface area contributed by atoms with E-state index in [-0.39, 0.29) is 11.9 Å². The number of nitrogens with one attached hydrogen (secondary N) is 1. The maximum absolute atomic E-state index is 12.7. The molecule has 1 amide bonds. The maximum Gasteiger partial charge on any atom is 0.246 e. The maximum atomic E-state index is 12.7. The summed E-state index contributed by atoms with van der Waals surface area (Å²) in [6, 6.07) is 12.1. The van der Waals surface area contributed by atoms with Crippen LogP contribution < -0.4 is 15.1 Å². The Morgan fingerprint density at radius 1 is 1.07 bits per heavy atom. The molecule has 6 heteroatoms. The monoisotopic (exact) mass is 365 g/mol. The number of carbonyl (C=O) groups excluding carboxylic acids is 1. The van der Waals surface area contributed by atoms with E-state index in [9.17, 15) is 4.79 Å². The van der Waals surface area contributed by atoms with E-state index >= 15 is 0 Å². The number of piperazine rings is 1. The van der Waals surface area contributed by atoms with E-state index in [0.717, 1.165) is 50.6 Å². The zero-order chi connectivity index (χ0) is 18.8. The smallest absolute Gasteiger partial charge is 0.246 e. The van der Waals surface area contributed by atoms with Gasteiger partial charge in [0.25, 0.3) is 0 Å². The molecule has 1 fully saturated rings. The van der Waals surface area contributed by atoms with Gasteiger partial charge in [-0.15, -0.1) is 0 Å². The van der Waals surface area contributed by atoms with Crippen LogP contribution in [0.15, 0.2) is 42.6 Å². The third-order valence-corrected chi connectivity index (χ3v) is 5.61. The first-order valence-corrected chi connectivity index (χ1v) is 9.67. The van der Waals surface area contributed by atoms with Crippen molar-refractivity contribution in [1.82, 2.24) is 9.88 Å². The molecule has 0 radical (unpaired) electrons. The minimum Gasteiger partial charge on any atom is -0.359 e. The summed E-state index contributed by atoms with van der Waals surface area (Å²) in [5.74, 6) is 0.975. The summed E-state index contributed by atoms with van der Waals surface area (Å²) in [5.41, 5.74) is 3.23. The molecule has 2 aromatic rings. The van der Waals surface area contributed by atoms with Crippen LogP contribution >= 0.6 is 0 Å². The number of nitrogens with zero attached hydrogens (tertiary/aromatic N) is 4. The zero-order valence-corrected chi connectivity index (χ0v) is 16.1. The summed E-state index contributed by atoms with van der Waals surface area (Å²) in [7, 11) is 2.14. The Balaban J connectivity index is 1.38. The minimum atomic E-state index is -0.217. The molecule has 0 bridgehead atoms. The first kappa shape index (κ1) is 17.8. The lowest BCUT2D eigenvalue weighted by atomic mass is 10.1. The summed E-state index contributed by atoms with van der Waals surface area (Å²) in [4.78, 5) is 24.1. The number of hydrogen-bond acceptors (Lipinski definition) is 5.